The minimum absolute atomic E-state index is 0.119. The Morgan fingerprint density at radius 2 is 2.00 bits per heavy atom. The molecule has 0 heterocycles. The Kier molecular flexibility index (Phi) is 3.47. The number of carbonyl (C=O) groups excluding carboxylic acids is 1. The van der Waals surface area contributed by atoms with E-state index in [2.05, 4.69) is 15.9 Å². The lowest BCUT2D eigenvalue weighted by atomic mass is 10.1. The molecule has 88 valence electrons. The van der Waals surface area contributed by atoms with Crippen molar-refractivity contribution < 1.29 is 22.7 Å². The maximum atomic E-state index is 12.6. The molecule has 1 aromatic carbocycles. The summed E-state index contributed by atoms with van der Waals surface area (Å²) in [6.07, 6.45) is -4.66. The second-order valence-electron chi connectivity index (χ2n) is 2.89. The largest absolute Gasteiger partial charge is 0.497 e. The smallest absolute Gasteiger partial charge is 0.418 e. The average molecular weight is 298 g/mol. The lowest BCUT2D eigenvalue weighted by Crippen LogP contribution is -2.19. The summed E-state index contributed by atoms with van der Waals surface area (Å²) in [6.45, 7) is 0. The SMILES string of the molecule is COc1cc(Br)c(C(F)(F)F)c(C(N)=O)c1. The molecule has 1 rings (SSSR count). The van der Waals surface area contributed by atoms with Crippen LogP contribution in [0.4, 0.5) is 13.2 Å². The van der Waals surface area contributed by atoms with Crippen molar-refractivity contribution in [2.45, 2.75) is 6.18 Å². The van der Waals surface area contributed by atoms with Crippen molar-refractivity contribution in [1.29, 1.82) is 0 Å². The molecule has 1 amide bonds. The predicted octanol–water partition coefficient (Wildman–Crippen LogP) is 2.58. The second-order valence-corrected chi connectivity index (χ2v) is 3.75. The van der Waals surface area contributed by atoms with Crippen LogP contribution in [0.25, 0.3) is 0 Å². The van der Waals surface area contributed by atoms with E-state index in [-0.39, 0.29) is 10.2 Å². The minimum atomic E-state index is -4.66. The Balaban J connectivity index is 3.53. The van der Waals surface area contributed by atoms with Gasteiger partial charge in [-0.05, 0) is 12.1 Å². The molecule has 0 aliphatic carbocycles. The van der Waals surface area contributed by atoms with Gasteiger partial charge in [-0.15, -0.1) is 0 Å². The first-order valence-corrected chi connectivity index (χ1v) is 4.81. The third kappa shape index (κ3) is 2.46. The number of hydrogen-bond donors (Lipinski definition) is 1. The number of primary amides is 1. The van der Waals surface area contributed by atoms with E-state index < -0.39 is 23.2 Å². The number of amides is 1. The van der Waals surface area contributed by atoms with E-state index >= 15 is 0 Å². The van der Waals surface area contributed by atoms with E-state index in [1.165, 1.54) is 7.11 Å². The lowest BCUT2D eigenvalue weighted by molar-refractivity contribution is -0.138. The molecule has 0 atom stereocenters. The van der Waals surface area contributed by atoms with Gasteiger partial charge in [0.1, 0.15) is 5.75 Å². The summed E-state index contributed by atoms with van der Waals surface area (Å²) in [6, 6.07) is 2.07. The molecule has 0 aromatic heterocycles. The van der Waals surface area contributed by atoms with Crippen molar-refractivity contribution >= 4 is 21.8 Å². The molecule has 0 bridgehead atoms. The molecule has 0 aliphatic rings. The van der Waals surface area contributed by atoms with Crippen LogP contribution in [-0.2, 0) is 6.18 Å². The highest BCUT2D eigenvalue weighted by molar-refractivity contribution is 9.10. The van der Waals surface area contributed by atoms with Gasteiger partial charge in [0.25, 0.3) is 0 Å². The number of methoxy groups -OCH3 is 1. The van der Waals surface area contributed by atoms with Gasteiger partial charge in [-0.25, -0.2) is 0 Å². The van der Waals surface area contributed by atoms with Gasteiger partial charge in [0.2, 0.25) is 5.91 Å². The Bertz CT molecular complexity index is 431. The fourth-order valence-corrected chi connectivity index (χ4v) is 1.85. The van der Waals surface area contributed by atoms with Gasteiger partial charge in [-0.1, -0.05) is 15.9 Å². The van der Waals surface area contributed by atoms with Gasteiger partial charge < -0.3 is 10.5 Å². The van der Waals surface area contributed by atoms with Crippen molar-refractivity contribution in [2.24, 2.45) is 5.73 Å². The molecule has 3 nitrogen and oxygen atoms in total. The van der Waals surface area contributed by atoms with Crippen LogP contribution < -0.4 is 10.5 Å². The van der Waals surface area contributed by atoms with Crippen molar-refractivity contribution in [1.82, 2.24) is 0 Å². The summed E-state index contributed by atoms with van der Waals surface area (Å²) >= 11 is 2.74. The molecule has 0 radical (unpaired) electrons. The Labute approximate surface area is 97.5 Å². The number of benzene rings is 1. The van der Waals surface area contributed by atoms with Crippen molar-refractivity contribution in [2.75, 3.05) is 7.11 Å². The van der Waals surface area contributed by atoms with Crippen LogP contribution in [0.5, 0.6) is 5.75 Å². The molecule has 7 heteroatoms. The molecule has 0 unspecified atom stereocenters. The lowest BCUT2D eigenvalue weighted by Gasteiger charge is -2.14. The summed E-state index contributed by atoms with van der Waals surface area (Å²) in [7, 11) is 1.28. The summed E-state index contributed by atoms with van der Waals surface area (Å²) in [5, 5.41) is 0. The van der Waals surface area contributed by atoms with Crippen molar-refractivity contribution in [3.8, 4) is 5.75 Å². The number of hydrogen-bond acceptors (Lipinski definition) is 2. The Hall–Kier alpha value is -1.24. The molecule has 16 heavy (non-hydrogen) atoms. The molecule has 0 aliphatic heterocycles. The summed E-state index contributed by atoms with van der Waals surface area (Å²) in [5.41, 5.74) is 3.17. The maximum Gasteiger partial charge on any atom is 0.418 e. The second kappa shape index (κ2) is 4.32. The van der Waals surface area contributed by atoms with E-state index in [9.17, 15) is 18.0 Å². The fraction of sp³-hybridized carbons (Fsp3) is 0.222. The number of rotatable bonds is 2. The highest BCUT2D eigenvalue weighted by Crippen LogP contribution is 2.39. The Morgan fingerprint density at radius 1 is 1.44 bits per heavy atom. The quantitative estimate of drug-likeness (QED) is 0.912. The van der Waals surface area contributed by atoms with Crippen LogP contribution in [0.2, 0.25) is 0 Å². The minimum Gasteiger partial charge on any atom is -0.497 e. The van der Waals surface area contributed by atoms with Gasteiger partial charge in [0.05, 0.1) is 18.2 Å². The number of alkyl halides is 3. The highest BCUT2D eigenvalue weighted by atomic mass is 79.9. The molecule has 0 spiro atoms. The van der Waals surface area contributed by atoms with Gasteiger partial charge >= 0.3 is 6.18 Å². The fourth-order valence-electron chi connectivity index (χ4n) is 1.18. The first-order chi connectivity index (χ1) is 7.27. The van der Waals surface area contributed by atoms with Crippen LogP contribution in [-0.4, -0.2) is 13.0 Å². The molecule has 0 fully saturated rings. The predicted molar refractivity (Wildman–Crippen MR) is 54.2 cm³/mol. The van der Waals surface area contributed by atoms with Crippen LogP contribution in [0, 0.1) is 0 Å². The van der Waals surface area contributed by atoms with Gasteiger partial charge in [-0.2, -0.15) is 13.2 Å². The zero-order valence-corrected chi connectivity index (χ0v) is 9.65. The molecule has 0 saturated heterocycles. The number of ether oxygens (including phenoxy) is 1. The topological polar surface area (TPSA) is 52.3 Å². The van der Waals surface area contributed by atoms with Gasteiger partial charge in [0, 0.05) is 4.47 Å². The summed E-state index contributed by atoms with van der Waals surface area (Å²) < 4.78 is 42.3. The molecular weight excluding hydrogens is 291 g/mol. The standard InChI is InChI=1S/C9H7BrF3NO2/c1-16-4-2-5(8(14)15)7(6(10)3-4)9(11,12)13/h2-3H,1H3,(H2,14,15). The van der Waals surface area contributed by atoms with Crippen LogP contribution in [0.15, 0.2) is 16.6 Å². The zero-order chi connectivity index (χ0) is 12.5. The van der Waals surface area contributed by atoms with Crippen molar-refractivity contribution in [3.05, 3.63) is 27.7 Å². The van der Waals surface area contributed by atoms with E-state index in [0.717, 1.165) is 12.1 Å². The highest BCUT2D eigenvalue weighted by Gasteiger charge is 2.37. The number of carbonyl (C=O) groups is 1. The van der Waals surface area contributed by atoms with Crippen LogP contribution >= 0.6 is 15.9 Å². The normalized spacial score (nSPS) is 11.3. The van der Waals surface area contributed by atoms with E-state index in [1.807, 2.05) is 0 Å². The maximum absolute atomic E-state index is 12.6. The molecular formula is C9H7BrF3NO2. The Morgan fingerprint density at radius 3 is 2.38 bits per heavy atom. The van der Waals surface area contributed by atoms with Crippen molar-refractivity contribution in [3.63, 3.8) is 0 Å². The number of halogens is 4. The van der Waals surface area contributed by atoms with E-state index in [1.54, 1.807) is 0 Å². The summed E-state index contributed by atoms with van der Waals surface area (Å²) in [5.74, 6) is -1.04. The van der Waals surface area contributed by atoms with E-state index in [0.29, 0.717) is 0 Å². The first-order valence-electron chi connectivity index (χ1n) is 4.02. The molecule has 0 saturated carbocycles. The number of nitrogens with two attached hydrogens (primary N) is 1. The van der Waals surface area contributed by atoms with Gasteiger partial charge in [0.15, 0.2) is 0 Å². The van der Waals surface area contributed by atoms with Crippen LogP contribution in [0.3, 0.4) is 0 Å². The van der Waals surface area contributed by atoms with Crippen LogP contribution in [0.1, 0.15) is 15.9 Å². The average Bonchev–Trinajstić information content (AvgIpc) is 2.14. The summed E-state index contributed by atoms with van der Waals surface area (Å²) in [4.78, 5) is 10.9. The zero-order valence-electron chi connectivity index (χ0n) is 8.06. The molecule has 2 N–H and O–H groups in total. The first kappa shape index (κ1) is 12.8. The monoisotopic (exact) mass is 297 g/mol. The third-order valence-electron chi connectivity index (χ3n) is 1.85. The third-order valence-corrected chi connectivity index (χ3v) is 2.47. The molecule has 1 aromatic rings. The van der Waals surface area contributed by atoms with E-state index in [4.69, 9.17) is 10.5 Å². The van der Waals surface area contributed by atoms with Gasteiger partial charge in [-0.3, -0.25) is 4.79 Å².